The van der Waals surface area contributed by atoms with E-state index >= 15 is 0 Å². The van der Waals surface area contributed by atoms with Crippen molar-refractivity contribution in [3.8, 4) is 0 Å². The van der Waals surface area contributed by atoms with Gasteiger partial charge in [0.25, 0.3) is 15.9 Å². The van der Waals surface area contributed by atoms with Gasteiger partial charge in [0.1, 0.15) is 4.90 Å². The maximum atomic E-state index is 12.0. The summed E-state index contributed by atoms with van der Waals surface area (Å²) in [4.78, 5) is 23.6. The van der Waals surface area contributed by atoms with Gasteiger partial charge in [-0.15, -0.1) is 0 Å². The first-order valence-corrected chi connectivity index (χ1v) is 9.57. The molecular weight excluding hydrogens is 362 g/mol. The molecule has 1 aromatic carbocycles. The summed E-state index contributed by atoms with van der Waals surface area (Å²) in [6, 6.07) is 3.03. The van der Waals surface area contributed by atoms with Crippen molar-refractivity contribution in [1.82, 2.24) is 0 Å². The molecule has 3 rings (SSSR count). The summed E-state index contributed by atoms with van der Waals surface area (Å²) in [5.74, 6) is -3.13. The normalized spacial score (nSPS) is 19.3. The molecule has 0 bridgehead atoms. The van der Waals surface area contributed by atoms with Crippen molar-refractivity contribution in [3.63, 3.8) is 0 Å². The van der Waals surface area contributed by atoms with Crippen LogP contribution in [0.2, 0.25) is 0 Å². The number of esters is 2. The van der Waals surface area contributed by atoms with Gasteiger partial charge in [0.15, 0.2) is 5.57 Å². The Morgan fingerprint density at radius 2 is 1.62 bits per heavy atom. The maximum absolute atomic E-state index is 12.0. The number of rotatable bonds is 3. The van der Waals surface area contributed by atoms with Gasteiger partial charge in [0, 0.05) is 20.0 Å². The van der Waals surface area contributed by atoms with E-state index in [1.54, 1.807) is 6.07 Å². The number of carbonyl (C=O) groups is 2. The summed E-state index contributed by atoms with van der Waals surface area (Å²) in [7, 11) is -4.49. The third-order valence-corrected chi connectivity index (χ3v) is 5.10. The Hall–Kier alpha value is -2.39. The number of anilines is 1. The molecule has 1 aliphatic heterocycles. The summed E-state index contributed by atoms with van der Waals surface area (Å²) >= 11 is 0. The molecule has 0 aromatic heterocycles. The minimum absolute atomic E-state index is 0.0751. The molecule has 1 heterocycles. The molecule has 0 atom stereocenters. The second kappa shape index (κ2) is 6.40. The standard InChI is InChI=1S/C17H19NO7S/c1-17(2)24-15(19)12(16(20)25-17)9-18-13-7-10-5-3-4-6-11(10)8-14(13)26(21,22)23/h7-9,18H,3-6H2,1-2H3,(H,21,22,23). The van der Waals surface area contributed by atoms with E-state index in [0.717, 1.165) is 43.0 Å². The number of cyclic esters (lactones) is 2. The summed E-state index contributed by atoms with van der Waals surface area (Å²) < 4.78 is 42.9. The minimum atomic E-state index is -4.49. The van der Waals surface area contributed by atoms with E-state index in [1.807, 2.05) is 0 Å². The zero-order chi connectivity index (χ0) is 19.1. The Morgan fingerprint density at radius 3 is 2.15 bits per heavy atom. The molecule has 1 saturated heterocycles. The van der Waals surface area contributed by atoms with E-state index in [2.05, 4.69) is 5.32 Å². The van der Waals surface area contributed by atoms with E-state index in [-0.39, 0.29) is 10.6 Å². The highest BCUT2D eigenvalue weighted by Crippen LogP contribution is 2.31. The Labute approximate surface area is 150 Å². The van der Waals surface area contributed by atoms with Crippen LogP contribution in [-0.2, 0) is 42.0 Å². The molecule has 140 valence electrons. The number of aryl methyl sites for hydroxylation is 2. The maximum Gasteiger partial charge on any atom is 0.350 e. The van der Waals surface area contributed by atoms with Gasteiger partial charge in [-0.05, 0) is 48.9 Å². The fraction of sp³-hybridized carbons (Fsp3) is 0.412. The molecular formula is C17H19NO7S. The lowest BCUT2D eigenvalue weighted by Crippen LogP contribution is -2.42. The van der Waals surface area contributed by atoms with Crippen molar-refractivity contribution in [2.24, 2.45) is 0 Å². The van der Waals surface area contributed by atoms with Gasteiger partial charge in [-0.2, -0.15) is 8.42 Å². The van der Waals surface area contributed by atoms with Gasteiger partial charge in [0.05, 0.1) is 5.69 Å². The van der Waals surface area contributed by atoms with Crippen LogP contribution in [0.15, 0.2) is 28.8 Å². The van der Waals surface area contributed by atoms with Crippen LogP contribution in [-0.4, -0.2) is 30.7 Å². The van der Waals surface area contributed by atoms with Crippen LogP contribution in [0.1, 0.15) is 37.8 Å². The van der Waals surface area contributed by atoms with Gasteiger partial charge in [0.2, 0.25) is 0 Å². The Morgan fingerprint density at radius 1 is 1.08 bits per heavy atom. The molecule has 0 saturated carbocycles. The van der Waals surface area contributed by atoms with Crippen molar-refractivity contribution in [3.05, 3.63) is 35.0 Å². The van der Waals surface area contributed by atoms with Gasteiger partial charge >= 0.3 is 11.9 Å². The molecule has 26 heavy (non-hydrogen) atoms. The zero-order valence-electron chi connectivity index (χ0n) is 14.4. The molecule has 1 aromatic rings. The predicted octanol–water partition coefficient (Wildman–Crippen LogP) is 1.94. The first-order valence-electron chi connectivity index (χ1n) is 8.13. The van der Waals surface area contributed by atoms with Crippen LogP contribution in [0.3, 0.4) is 0 Å². The molecule has 0 spiro atoms. The molecule has 0 radical (unpaired) electrons. The molecule has 0 amide bonds. The lowest BCUT2D eigenvalue weighted by atomic mass is 9.91. The number of fused-ring (bicyclic) bond motifs is 1. The van der Waals surface area contributed by atoms with Crippen LogP contribution in [0, 0.1) is 0 Å². The minimum Gasteiger partial charge on any atom is -0.419 e. The number of benzene rings is 1. The van der Waals surface area contributed by atoms with Crippen LogP contribution < -0.4 is 5.32 Å². The van der Waals surface area contributed by atoms with Crippen molar-refractivity contribution in [1.29, 1.82) is 0 Å². The van der Waals surface area contributed by atoms with Crippen LogP contribution in [0.5, 0.6) is 0 Å². The molecule has 9 heteroatoms. The van der Waals surface area contributed by atoms with Gasteiger partial charge in [-0.25, -0.2) is 9.59 Å². The fourth-order valence-corrected chi connectivity index (χ4v) is 3.70. The highest BCUT2D eigenvalue weighted by atomic mass is 32.2. The Balaban J connectivity index is 1.97. The topological polar surface area (TPSA) is 119 Å². The van der Waals surface area contributed by atoms with Crippen molar-refractivity contribution in [2.45, 2.75) is 50.2 Å². The largest absolute Gasteiger partial charge is 0.419 e. The SMILES string of the molecule is CC1(C)OC(=O)C(=CNc2cc3c(cc2S(=O)(=O)O)CCCC3)C(=O)O1. The predicted molar refractivity (Wildman–Crippen MR) is 90.9 cm³/mol. The lowest BCUT2D eigenvalue weighted by Gasteiger charge is -2.29. The molecule has 2 aliphatic rings. The molecule has 0 unspecified atom stereocenters. The molecule has 8 nitrogen and oxygen atoms in total. The van der Waals surface area contributed by atoms with Crippen LogP contribution in [0.25, 0.3) is 0 Å². The number of ether oxygens (including phenoxy) is 2. The van der Waals surface area contributed by atoms with E-state index in [0.29, 0.717) is 0 Å². The zero-order valence-corrected chi connectivity index (χ0v) is 15.2. The monoisotopic (exact) mass is 381 g/mol. The summed E-state index contributed by atoms with van der Waals surface area (Å²) in [5, 5.41) is 2.62. The van der Waals surface area contributed by atoms with Crippen LogP contribution >= 0.6 is 0 Å². The Kier molecular flexibility index (Phi) is 4.53. The quantitative estimate of drug-likeness (QED) is 0.353. The first-order chi connectivity index (χ1) is 12.1. The summed E-state index contributed by atoms with van der Waals surface area (Å²) in [5.41, 5.74) is 1.49. The second-order valence-electron chi connectivity index (χ2n) is 6.68. The average Bonchev–Trinajstić information content (AvgIpc) is 2.51. The lowest BCUT2D eigenvalue weighted by molar-refractivity contribution is -0.222. The number of hydrogen-bond acceptors (Lipinski definition) is 7. The number of carbonyl (C=O) groups excluding carboxylic acids is 2. The van der Waals surface area contributed by atoms with Crippen molar-refractivity contribution >= 4 is 27.7 Å². The third-order valence-electron chi connectivity index (χ3n) is 4.21. The Bertz CT molecular complexity index is 893. The van der Waals surface area contributed by atoms with Crippen LogP contribution in [0.4, 0.5) is 5.69 Å². The first kappa shape index (κ1) is 18.4. The van der Waals surface area contributed by atoms with Gasteiger partial charge in [-0.1, -0.05) is 0 Å². The van der Waals surface area contributed by atoms with Gasteiger partial charge < -0.3 is 14.8 Å². The fourth-order valence-electron chi connectivity index (χ4n) is 3.02. The smallest absolute Gasteiger partial charge is 0.350 e. The number of nitrogens with one attached hydrogen (secondary N) is 1. The molecule has 2 N–H and O–H groups in total. The summed E-state index contributed by atoms with van der Waals surface area (Å²) in [6.07, 6.45) is 4.46. The van der Waals surface area contributed by atoms with Gasteiger partial charge in [-0.3, -0.25) is 4.55 Å². The third kappa shape index (κ3) is 3.73. The second-order valence-corrected chi connectivity index (χ2v) is 8.07. The molecule has 1 aliphatic carbocycles. The number of hydrogen-bond donors (Lipinski definition) is 2. The highest BCUT2D eigenvalue weighted by Gasteiger charge is 2.39. The van der Waals surface area contributed by atoms with E-state index in [4.69, 9.17) is 9.47 Å². The van der Waals surface area contributed by atoms with E-state index in [9.17, 15) is 22.6 Å². The van der Waals surface area contributed by atoms with Crippen molar-refractivity contribution in [2.75, 3.05) is 5.32 Å². The summed E-state index contributed by atoms with van der Waals surface area (Å²) in [6.45, 7) is 2.85. The van der Waals surface area contributed by atoms with E-state index < -0.39 is 33.4 Å². The average molecular weight is 381 g/mol. The molecule has 1 fully saturated rings. The van der Waals surface area contributed by atoms with Crippen molar-refractivity contribution < 1.29 is 32.0 Å². The highest BCUT2D eigenvalue weighted by molar-refractivity contribution is 7.86. The van der Waals surface area contributed by atoms with E-state index in [1.165, 1.54) is 19.9 Å².